The van der Waals surface area contributed by atoms with Crippen LogP contribution in [0.1, 0.15) is 62.3 Å². The molecule has 5 heteroatoms. The Kier molecular flexibility index (Phi) is 4.61. The molecule has 126 valence electrons. The van der Waals surface area contributed by atoms with Gasteiger partial charge < -0.3 is 10.3 Å². The number of fused-ring (bicyclic) bond motifs is 1. The maximum Gasteiger partial charge on any atom is 0.259 e. The third-order valence-corrected chi connectivity index (χ3v) is 6.74. The molecule has 1 aliphatic carbocycles. The first kappa shape index (κ1) is 16.7. The van der Waals surface area contributed by atoms with E-state index in [0.717, 1.165) is 27.5 Å². The predicted octanol–water partition coefficient (Wildman–Crippen LogP) is 4.08. The predicted molar refractivity (Wildman–Crippen MR) is 97.2 cm³/mol. The smallest absolute Gasteiger partial charge is 0.259 e. The van der Waals surface area contributed by atoms with Crippen LogP contribution in [0.5, 0.6) is 0 Å². The van der Waals surface area contributed by atoms with Crippen molar-refractivity contribution in [3.63, 3.8) is 0 Å². The number of hydrogen-bond donors (Lipinski definition) is 2. The summed E-state index contributed by atoms with van der Waals surface area (Å²) in [4.78, 5) is 22.2. The molecule has 3 rings (SSSR count). The molecular weight excluding hydrogens is 306 g/mol. The van der Waals surface area contributed by atoms with Gasteiger partial charge in [0.05, 0.1) is 11.4 Å². The lowest BCUT2D eigenvalue weighted by Gasteiger charge is -2.36. The zero-order valence-electron chi connectivity index (χ0n) is 14.7. The second-order valence-corrected chi connectivity index (χ2v) is 8.38. The summed E-state index contributed by atoms with van der Waals surface area (Å²) in [6.07, 6.45) is 3.81. The minimum atomic E-state index is -0.00874. The fourth-order valence-corrected chi connectivity index (χ4v) is 4.73. The molecule has 1 fully saturated rings. The van der Waals surface area contributed by atoms with Crippen molar-refractivity contribution in [2.75, 3.05) is 0 Å². The van der Waals surface area contributed by atoms with Crippen LogP contribution >= 0.6 is 11.3 Å². The zero-order chi connectivity index (χ0) is 16.7. The van der Waals surface area contributed by atoms with Crippen LogP contribution in [0.2, 0.25) is 0 Å². The first-order chi connectivity index (χ1) is 10.9. The lowest BCUT2D eigenvalue weighted by Crippen LogP contribution is -2.42. The third-order valence-electron chi connectivity index (χ3n) is 5.64. The summed E-state index contributed by atoms with van der Waals surface area (Å²) in [5, 5.41) is 4.45. The molecule has 0 saturated heterocycles. The lowest BCUT2D eigenvalue weighted by atomic mass is 9.78. The van der Waals surface area contributed by atoms with E-state index in [-0.39, 0.29) is 11.6 Å². The summed E-state index contributed by atoms with van der Waals surface area (Å²) < 4.78 is 0. The van der Waals surface area contributed by atoms with E-state index >= 15 is 0 Å². The fraction of sp³-hybridized carbons (Fsp3) is 0.667. The molecular formula is C18H27N3OS. The Hall–Kier alpha value is -1.20. The number of rotatable bonds is 3. The average molecular weight is 334 g/mol. The monoisotopic (exact) mass is 333 g/mol. The number of H-pyrrole nitrogens is 1. The Morgan fingerprint density at radius 1 is 1.30 bits per heavy atom. The Bertz CT molecular complexity index is 763. The molecule has 0 bridgehead atoms. The quantitative estimate of drug-likeness (QED) is 0.890. The van der Waals surface area contributed by atoms with Crippen LogP contribution in [0.4, 0.5) is 0 Å². The van der Waals surface area contributed by atoms with Crippen LogP contribution in [0, 0.1) is 25.7 Å². The number of nitrogens with zero attached hydrogens (tertiary/aromatic N) is 1. The van der Waals surface area contributed by atoms with Gasteiger partial charge in [0, 0.05) is 10.9 Å². The van der Waals surface area contributed by atoms with Crippen molar-refractivity contribution < 1.29 is 0 Å². The van der Waals surface area contributed by atoms with E-state index in [1.807, 2.05) is 13.8 Å². The molecule has 4 atom stereocenters. The van der Waals surface area contributed by atoms with Crippen molar-refractivity contribution in [2.45, 2.75) is 66.0 Å². The average Bonchev–Trinajstić information content (AvgIpc) is 2.79. The Balaban J connectivity index is 1.86. The molecule has 2 aromatic heterocycles. The van der Waals surface area contributed by atoms with Gasteiger partial charge in [0.15, 0.2) is 0 Å². The fourth-order valence-electron chi connectivity index (χ4n) is 3.69. The van der Waals surface area contributed by atoms with Crippen molar-refractivity contribution in [1.82, 2.24) is 15.3 Å². The normalized spacial score (nSPS) is 26.6. The van der Waals surface area contributed by atoms with E-state index in [2.05, 4.69) is 31.1 Å². The van der Waals surface area contributed by atoms with Gasteiger partial charge >= 0.3 is 0 Å². The van der Waals surface area contributed by atoms with Crippen molar-refractivity contribution >= 4 is 21.6 Å². The summed E-state index contributed by atoms with van der Waals surface area (Å²) >= 11 is 1.61. The second kappa shape index (κ2) is 6.36. The summed E-state index contributed by atoms with van der Waals surface area (Å²) in [7, 11) is 0. The Labute approximate surface area is 141 Å². The molecule has 1 aliphatic rings. The number of nitrogens with one attached hydrogen (secondary N) is 2. The lowest BCUT2D eigenvalue weighted by molar-refractivity contribution is 0.195. The van der Waals surface area contributed by atoms with Gasteiger partial charge in [-0.25, -0.2) is 4.98 Å². The molecule has 2 aromatic rings. The van der Waals surface area contributed by atoms with Crippen molar-refractivity contribution in [3.8, 4) is 0 Å². The topological polar surface area (TPSA) is 57.8 Å². The molecule has 0 radical (unpaired) electrons. The van der Waals surface area contributed by atoms with Crippen LogP contribution in [0.15, 0.2) is 4.79 Å². The molecule has 0 amide bonds. The van der Waals surface area contributed by atoms with Gasteiger partial charge in [0.2, 0.25) is 0 Å². The second-order valence-electron chi connectivity index (χ2n) is 7.18. The van der Waals surface area contributed by atoms with Crippen molar-refractivity contribution in [1.29, 1.82) is 0 Å². The van der Waals surface area contributed by atoms with E-state index in [9.17, 15) is 4.79 Å². The third kappa shape index (κ3) is 3.09. The van der Waals surface area contributed by atoms with Gasteiger partial charge in [0.1, 0.15) is 10.7 Å². The van der Waals surface area contributed by atoms with E-state index in [0.29, 0.717) is 12.0 Å². The van der Waals surface area contributed by atoms with Gasteiger partial charge in [-0.3, -0.25) is 4.79 Å². The highest BCUT2D eigenvalue weighted by molar-refractivity contribution is 7.18. The number of aryl methyl sites for hydroxylation is 2. The highest BCUT2D eigenvalue weighted by Gasteiger charge is 2.28. The highest BCUT2D eigenvalue weighted by Crippen LogP contribution is 2.31. The molecule has 0 aromatic carbocycles. The van der Waals surface area contributed by atoms with Gasteiger partial charge in [0.25, 0.3) is 5.56 Å². The van der Waals surface area contributed by atoms with Gasteiger partial charge in [-0.15, -0.1) is 11.3 Å². The van der Waals surface area contributed by atoms with E-state index in [1.165, 1.54) is 24.1 Å². The van der Waals surface area contributed by atoms with E-state index < -0.39 is 0 Å². The first-order valence-electron chi connectivity index (χ1n) is 8.64. The van der Waals surface area contributed by atoms with Crippen LogP contribution in [-0.2, 0) is 0 Å². The number of thiophene rings is 1. The zero-order valence-corrected chi connectivity index (χ0v) is 15.5. The Morgan fingerprint density at radius 3 is 2.78 bits per heavy atom. The maximum absolute atomic E-state index is 12.4. The van der Waals surface area contributed by atoms with Crippen LogP contribution in [0.25, 0.3) is 10.2 Å². The molecule has 0 aliphatic heterocycles. The summed E-state index contributed by atoms with van der Waals surface area (Å²) in [5.41, 5.74) is 1.05. The van der Waals surface area contributed by atoms with Crippen LogP contribution < -0.4 is 10.9 Å². The molecule has 1 saturated carbocycles. The number of aromatic nitrogens is 2. The largest absolute Gasteiger partial charge is 0.309 e. The molecule has 2 heterocycles. The van der Waals surface area contributed by atoms with E-state index in [4.69, 9.17) is 4.98 Å². The summed E-state index contributed by atoms with van der Waals surface area (Å²) in [6, 6.07) is 0.564. The van der Waals surface area contributed by atoms with Gasteiger partial charge in [-0.05, 0) is 44.6 Å². The van der Waals surface area contributed by atoms with Gasteiger partial charge in [-0.2, -0.15) is 0 Å². The first-order valence-corrected chi connectivity index (χ1v) is 9.46. The standard InChI is InChI=1S/C18H27N3OS/c1-9-7-6-8-14(10(9)2)19-12(4)16-20-17(22)15-11(3)13(5)23-18(15)21-16/h9-10,12,14,19H,6-8H2,1-5H3,(H,20,21,22)/t9-,10+,12+,14-/m1/s1. The minimum Gasteiger partial charge on any atom is -0.309 e. The van der Waals surface area contributed by atoms with Gasteiger partial charge in [-0.1, -0.05) is 26.7 Å². The van der Waals surface area contributed by atoms with Crippen molar-refractivity contribution in [2.24, 2.45) is 11.8 Å². The number of aromatic amines is 1. The molecule has 2 N–H and O–H groups in total. The Morgan fingerprint density at radius 2 is 2.04 bits per heavy atom. The van der Waals surface area contributed by atoms with Crippen LogP contribution in [-0.4, -0.2) is 16.0 Å². The van der Waals surface area contributed by atoms with Crippen LogP contribution in [0.3, 0.4) is 0 Å². The summed E-state index contributed by atoms with van der Waals surface area (Å²) in [5.74, 6) is 2.17. The highest BCUT2D eigenvalue weighted by atomic mass is 32.1. The molecule has 23 heavy (non-hydrogen) atoms. The molecule has 4 nitrogen and oxygen atoms in total. The molecule has 0 spiro atoms. The summed E-state index contributed by atoms with van der Waals surface area (Å²) in [6.45, 7) is 10.8. The van der Waals surface area contributed by atoms with E-state index in [1.54, 1.807) is 11.3 Å². The number of hydrogen-bond acceptors (Lipinski definition) is 4. The van der Waals surface area contributed by atoms with Crippen molar-refractivity contribution in [3.05, 3.63) is 26.6 Å². The maximum atomic E-state index is 12.4. The molecule has 0 unspecified atom stereocenters. The minimum absolute atomic E-state index is 0.00874. The SMILES string of the molecule is Cc1sc2nc([C@H](C)N[C@@H]3CCC[C@@H](C)[C@@H]3C)[nH]c(=O)c2c1C.